The molecule has 2 rings (SSSR count). The van der Waals surface area contributed by atoms with Crippen molar-refractivity contribution in [1.82, 2.24) is 4.90 Å². The van der Waals surface area contributed by atoms with Gasteiger partial charge in [-0.25, -0.2) is 0 Å². The van der Waals surface area contributed by atoms with E-state index in [1.807, 2.05) is 24.0 Å². The molecular formula is C12H20N2O2. The molecule has 0 aromatic heterocycles. The zero-order chi connectivity index (χ0) is 11.7. The van der Waals surface area contributed by atoms with Crippen LogP contribution in [0.3, 0.4) is 0 Å². The van der Waals surface area contributed by atoms with Gasteiger partial charge < -0.3 is 15.7 Å². The number of nitrogens with two attached hydrogens (primary N) is 1. The predicted molar refractivity (Wildman–Crippen MR) is 61.6 cm³/mol. The van der Waals surface area contributed by atoms with Gasteiger partial charge in [-0.2, -0.15) is 0 Å². The first-order valence-corrected chi connectivity index (χ1v) is 5.98. The van der Waals surface area contributed by atoms with Crippen molar-refractivity contribution in [2.75, 3.05) is 13.1 Å². The van der Waals surface area contributed by atoms with Gasteiger partial charge in [-0.1, -0.05) is 19.1 Å². The largest absolute Gasteiger partial charge is 0.393 e. The molecule has 2 aliphatic rings. The summed E-state index contributed by atoms with van der Waals surface area (Å²) in [6, 6.07) is 0.0294. The Morgan fingerprint density at radius 3 is 2.81 bits per heavy atom. The maximum atomic E-state index is 12.1. The number of rotatable bonds is 1. The number of likely N-dealkylation sites (tertiary alicyclic amines) is 1. The minimum Gasteiger partial charge on any atom is -0.393 e. The van der Waals surface area contributed by atoms with Crippen LogP contribution in [-0.2, 0) is 4.79 Å². The minimum atomic E-state index is -0.259. The molecule has 1 fully saturated rings. The van der Waals surface area contributed by atoms with E-state index in [4.69, 9.17) is 5.73 Å². The van der Waals surface area contributed by atoms with Gasteiger partial charge in [0.2, 0.25) is 5.91 Å². The molecule has 0 bridgehead atoms. The summed E-state index contributed by atoms with van der Waals surface area (Å²) in [4.78, 5) is 14.0. The van der Waals surface area contributed by atoms with E-state index in [1.54, 1.807) is 0 Å². The number of hydrogen-bond donors (Lipinski definition) is 2. The molecular weight excluding hydrogens is 204 g/mol. The van der Waals surface area contributed by atoms with Crippen molar-refractivity contribution in [3.8, 4) is 0 Å². The fourth-order valence-corrected chi connectivity index (χ4v) is 2.48. The number of carbonyl (C=O) groups excluding carboxylic acids is 1. The molecule has 4 unspecified atom stereocenters. The topological polar surface area (TPSA) is 66.6 Å². The third kappa shape index (κ3) is 2.28. The summed E-state index contributed by atoms with van der Waals surface area (Å²) >= 11 is 0. The van der Waals surface area contributed by atoms with Crippen molar-refractivity contribution >= 4 is 5.91 Å². The lowest BCUT2D eigenvalue weighted by molar-refractivity contribution is -0.137. The van der Waals surface area contributed by atoms with E-state index in [1.165, 1.54) is 0 Å². The lowest BCUT2D eigenvalue weighted by atomic mass is 9.95. The summed E-state index contributed by atoms with van der Waals surface area (Å²) in [5.41, 5.74) is 5.74. The number of aliphatic hydroxyl groups is 1. The molecule has 4 nitrogen and oxygen atoms in total. The van der Waals surface area contributed by atoms with E-state index in [0.29, 0.717) is 19.5 Å². The standard InChI is InChI=1S/C12H20N2O2/c1-8-7-14(5-4-11(8)15)12(16)9-2-3-10(13)6-9/h2-3,8-11,15H,4-7,13H2,1H3. The van der Waals surface area contributed by atoms with Crippen molar-refractivity contribution in [2.24, 2.45) is 17.6 Å². The summed E-state index contributed by atoms with van der Waals surface area (Å²) in [5.74, 6) is 0.303. The molecule has 1 aliphatic carbocycles. The maximum Gasteiger partial charge on any atom is 0.229 e. The Morgan fingerprint density at radius 1 is 1.50 bits per heavy atom. The molecule has 4 atom stereocenters. The van der Waals surface area contributed by atoms with Gasteiger partial charge >= 0.3 is 0 Å². The van der Waals surface area contributed by atoms with Gasteiger partial charge in [0.1, 0.15) is 0 Å². The van der Waals surface area contributed by atoms with Crippen LogP contribution in [-0.4, -0.2) is 41.1 Å². The van der Waals surface area contributed by atoms with Crippen LogP contribution in [0.25, 0.3) is 0 Å². The third-order valence-electron chi connectivity index (χ3n) is 3.61. The van der Waals surface area contributed by atoms with Crippen molar-refractivity contribution in [2.45, 2.75) is 31.9 Å². The van der Waals surface area contributed by atoms with Crippen LogP contribution in [0.15, 0.2) is 12.2 Å². The van der Waals surface area contributed by atoms with Crippen molar-refractivity contribution in [3.05, 3.63) is 12.2 Å². The lowest BCUT2D eigenvalue weighted by Crippen LogP contribution is -2.46. The number of hydrogen-bond acceptors (Lipinski definition) is 3. The summed E-state index contributed by atoms with van der Waals surface area (Å²) in [6.07, 6.45) is 4.99. The smallest absolute Gasteiger partial charge is 0.229 e. The summed E-state index contributed by atoms with van der Waals surface area (Å²) < 4.78 is 0. The molecule has 0 radical (unpaired) electrons. The average molecular weight is 224 g/mol. The summed E-state index contributed by atoms with van der Waals surface area (Å²) in [6.45, 7) is 3.32. The molecule has 90 valence electrons. The zero-order valence-corrected chi connectivity index (χ0v) is 9.67. The predicted octanol–water partition coefficient (Wildman–Crippen LogP) is 0.119. The molecule has 16 heavy (non-hydrogen) atoms. The van der Waals surface area contributed by atoms with E-state index in [9.17, 15) is 9.90 Å². The Kier molecular flexibility index (Phi) is 3.30. The van der Waals surface area contributed by atoms with Gasteiger partial charge in [-0.3, -0.25) is 4.79 Å². The average Bonchev–Trinajstić information content (AvgIpc) is 2.68. The maximum absolute atomic E-state index is 12.1. The fraction of sp³-hybridized carbons (Fsp3) is 0.750. The molecule has 1 heterocycles. The molecule has 3 N–H and O–H groups in total. The molecule has 1 saturated heterocycles. The SMILES string of the molecule is CC1CN(C(=O)C2C=CC(N)C2)CCC1O. The fourth-order valence-electron chi connectivity index (χ4n) is 2.48. The normalized spacial score (nSPS) is 39.1. The second kappa shape index (κ2) is 4.55. The third-order valence-corrected chi connectivity index (χ3v) is 3.61. The lowest BCUT2D eigenvalue weighted by Gasteiger charge is -2.35. The van der Waals surface area contributed by atoms with Gasteiger partial charge in [0.05, 0.1) is 12.0 Å². The Bertz CT molecular complexity index is 303. The highest BCUT2D eigenvalue weighted by Gasteiger charge is 2.32. The number of piperidine rings is 1. The van der Waals surface area contributed by atoms with Gasteiger partial charge in [-0.05, 0) is 18.8 Å². The Labute approximate surface area is 96.1 Å². The van der Waals surface area contributed by atoms with Crippen molar-refractivity contribution in [3.63, 3.8) is 0 Å². The van der Waals surface area contributed by atoms with E-state index in [0.717, 1.165) is 6.42 Å². The van der Waals surface area contributed by atoms with E-state index < -0.39 is 0 Å². The Hall–Kier alpha value is -0.870. The molecule has 0 saturated carbocycles. The Morgan fingerprint density at radius 2 is 2.25 bits per heavy atom. The molecule has 4 heteroatoms. The molecule has 0 aromatic rings. The van der Waals surface area contributed by atoms with Gasteiger partial charge in [0, 0.05) is 19.1 Å². The second-order valence-corrected chi connectivity index (χ2v) is 5.01. The molecule has 0 spiro atoms. The molecule has 0 aromatic carbocycles. The van der Waals surface area contributed by atoms with Gasteiger partial charge in [-0.15, -0.1) is 0 Å². The van der Waals surface area contributed by atoms with E-state index in [2.05, 4.69) is 0 Å². The Balaban J connectivity index is 1.93. The molecule has 1 aliphatic heterocycles. The van der Waals surface area contributed by atoms with E-state index in [-0.39, 0.29) is 29.9 Å². The van der Waals surface area contributed by atoms with Crippen molar-refractivity contribution < 1.29 is 9.90 Å². The van der Waals surface area contributed by atoms with E-state index >= 15 is 0 Å². The quantitative estimate of drug-likeness (QED) is 0.622. The second-order valence-electron chi connectivity index (χ2n) is 5.01. The number of carbonyl (C=O) groups is 1. The minimum absolute atomic E-state index is 0.0294. The highest BCUT2D eigenvalue weighted by atomic mass is 16.3. The number of nitrogens with zero attached hydrogens (tertiary/aromatic N) is 1. The van der Waals surface area contributed by atoms with Crippen LogP contribution < -0.4 is 5.73 Å². The molecule has 1 amide bonds. The van der Waals surface area contributed by atoms with Gasteiger partial charge in [0.25, 0.3) is 0 Å². The zero-order valence-electron chi connectivity index (χ0n) is 9.67. The highest BCUT2D eigenvalue weighted by molar-refractivity contribution is 5.81. The summed E-state index contributed by atoms with van der Waals surface area (Å²) in [5, 5.41) is 9.61. The number of amides is 1. The first kappa shape index (κ1) is 11.6. The first-order chi connectivity index (χ1) is 7.58. The first-order valence-electron chi connectivity index (χ1n) is 5.98. The number of aliphatic hydroxyl groups excluding tert-OH is 1. The van der Waals surface area contributed by atoms with Gasteiger partial charge in [0.15, 0.2) is 0 Å². The van der Waals surface area contributed by atoms with Crippen LogP contribution in [0.2, 0.25) is 0 Å². The van der Waals surface area contributed by atoms with Crippen LogP contribution in [0, 0.1) is 11.8 Å². The monoisotopic (exact) mass is 224 g/mol. The highest BCUT2D eigenvalue weighted by Crippen LogP contribution is 2.23. The summed E-state index contributed by atoms with van der Waals surface area (Å²) in [7, 11) is 0. The van der Waals surface area contributed by atoms with Crippen LogP contribution in [0.1, 0.15) is 19.8 Å². The van der Waals surface area contributed by atoms with Crippen molar-refractivity contribution in [1.29, 1.82) is 0 Å². The van der Waals surface area contributed by atoms with Crippen LogP contribution in [0.5, 0.6) is 0 Å². The van der Waals surface area contributed by atoms with Crippen LogP contribution in [0.4, 0.5) is 0 Å². The van der Waals surface area contributed by atoms with Crippen LogP contribution >= 0.6 is 0 Å².